The van der Waals surface area contributed by atoms with Gasteiger partial charge in [0, 0.05) is 18.3 Å². The van der Waals surface area contributed by atoms with Gasteiger partial charge in [-0.05, 0) is 18.9 Å². The summed E-state index contributed by atoms with van der Waals surface area (Å²) in [4.78, 5) is 0. The molecule has 0 amide bonds. The standard InChI is InChI=1S/C16H22N2O3/c1-5-6-7-12-8-9-18(17-12)13-10-14(19-2)16(21-4)15(11-13)20-3/h8-11H,5-7H2,1-4H3. The Morgan fingerprint density at radius 1 is 1.05 bits per heavy atom. The third kappa shape index (κ3) is 3.29. The molecule has 0 unspecified atom stereocenters. The smallest absolute Gasteiger partial charge is 0.203 e. The lowest BCUT2D eigenvalue weighted by atomic mass is 10.2. The number of unbranched alkanes of at least 4 members (excludes halogenated alkanes) is 1. The molecule has 0 fully saturated rings. The Hall–Kier alpha value is -2.17. The molecule has 0 aliphatic rings. The van der Waals surface area contributed by atoms with E-state index >= 15 is 0 Å². The van der Waals surface area contributed by atoms with E-state index in [9.17, 15) is 0 Å². The molecule has 2 rings (SSSR count). The quantitative estimate of drug-likeness (QED) is 0.785. The Balaban J connectivity index is 2.37. The van der Waals surface area contributed by atoms with Gasteiger partial charge in [0.05, 0.1) is 32.7 Å². The van der Waals surface area contributed by atoms with E-state index in [0.717, 1.165) is 30.6 Å². The minimum atomic E-state index is 0.585. The number of ether oxygens (including phenoxy) is 3. The van der Waals surface area contributed by atoms with Gasteiger partial charge in [-0.1, -0.05) is 13.3 Å². The average Bonchev–Trinajstić information content (AvgIpc) is 3.00. The lowest BCUT2D eigenvalue weighted by Gasteiger charge is -2.14. The molecule has 5 heteroatoms. The summed E-state index contributed by atoms with van der Waals surface area (Å²) < 4.78 is 17.9. The predicted octanol–water partition coefficient (Wildman–Crippen LogP) is 3.24. The summed E-state index contributed by atoms with van der Waals surface area (Å²) in [7, 11) is 4.81. The van der Waals surface area contributed by atoms with E-state index in [4.69, 9.17) is 14.2 Å². The Bertz CT molecular complexity index is 568. The molecule has 0 saturated carbocycles. The van der Waals surface area contributed by atoms with Gasteiger partial charge in [-0.2, -0.15) is 5.10 Å². The van der Waals surface area contributed by atoms with Gasteiger partial charge in [0.25, 0.3) is 0 Å². The fraction of sp³-hybridized carbons (Fsp3) is 0.438. The first-order valence-corrected chi connectivity index (χ1v) is 7.08. The summed E-state index contributed by atoms with van der Waals surface area (Å²) in [6.45, 7) is 2.18. The molecule has 5 nitrogen and oxygen atoms in total. The van der Waals surface area contributed by atoms with Crippen LogP contribution in [-0.2, 0) is 6.42 Å². The summed E-state index contributed by atoms with van der Waals surface area (Å²) in [5.74, 6) is 1.83. The van der Waals surface area contributed by atoms with Crippen molar-refractivity contribution < 1.29 is 14.2 Å². The molecule has 0 atom stereocenters. The average molecular weight is 290 g/mol. The summed E-state index contributed by atoms with van der Waals surface area (Å²) in [5.41, 5.74) is 1.97. The first-order chi connectivity index (χ1) is 10.2. The summed E-state index contributed by atoms with van der Waals surface area (Å²) in [6.07, 6.45) is 5.25. The molecule has 0 radical (unpaired) electrons. The van der Waals surface area contributed by atoms with Crippen LogP contribution in [0.1, 0.15) is 25.5 Å². The van der Waals surface area contributed by atoms with Crippen LogP contribution < -0.4 is 14.2 Å². The van der Waals surface area contributed by atoms with Crippen LogP contribution in [0.2, 0.25) is 0 Å². The van der Waals surface area contributed by atoms with Crippen LogP contribution >= 0.6 is 0 Å². The van der Waals surface area contributed by atoms with Crippen molar-refractivity contribution in [2.45, 2.75) is 26.2 Å². The summed E-state index contributed by atoms with van der Waals surface area (Å²) in [5, 5.41) is 4.59. The van der Waals surface area contributed by atoms with Crippen LogP contribution in [0.15, 0.2) is 24.4 Å². The second kappa shape index (κ2) is 7.02. The van der Waals surface area contributed by atoms with Gasteiger partial charge in [0.1, 0.15) is 0 Å². The highest BCUT2D eigenvalue weighted by atomic mass is 16.5. The molecule has 0 aliphatic heterocycles. The van der Waals surface area contributed by atoms with Crippen molar-refractivity contribution in [3.05, 3.63) is 30.1 Å². The molecular formula is C16H22N2O3. The van der Waals surface area contributed by atoms with Gasteiger partial charge in [0.2, 0.25) is 5.75 Å². The number of benzene rings is 1. The second-order valence-electron chi connectivity index (χ2n) is 4.74. The molecule has 0 spiro atoms. The Morgan fingerprint density at radius 3 is 2.24 bits per heavy atom. The third-order valence-electron chi connectivity index (χ3n) is 3.34. The van der Waals surface area contributed by atoms with Crippen LogP contribution in [-0.4, -0.2) is 31.1 Å². The monoisotopic (exact) mass is 290 g/mol. The van der Waals surface area contributed by atoms with E-state index in [1.807, 2.05) is 29.1 Å². The molecule has 0 saturated heterocycles. The highest BCUT2D eigenvalue weighted by Gasteiger charge is 2.14. The molecule has 114 valence electrons. The zero-order valence-corrected chi connectivity index (χ0v) is 13.0. The maximum Gasteiger partial charge on any atom is 0.203 e. The highest BCUT2D eigenvalue weighted by molar-refractivity contribution is 5.58. The maximum atomic E-state index is 5.37. The summed E-state index contributed by atoms with van der Waals surface area (Å²) >= 11 is 0. The van der Waals surface area contributed by atoms with E-state index in [0.29, 0.717) is 17.2 Å². The first-order valence-electron chi connectivity index (χ1n) is 7.08. The van der Waals surface area contributed by atoms with Crippen molar-refractivity contribution in [1.82, 2.24) is 9.78 Å². The summed E-state index contributed by atoms with van der Waals surface area (Å²) in [6, 6.07) is 5.81. The largest absolute Gasteiger partial charge is 0.493 e. The lowest BCUT2D eigenvalue weighted by molar-refractivity contribution is 0.324. The zero-order valence-electron chi connectivity index (χ0n) is 13.0. The number of rotatable bonds is 7. The first kappa shape index (κ1) is 15.2. The topological polar surface area (TPSA) is 45.5 Å². The minimum Gasteiger partial charge on any atom is -0.493 e. The van der Waals surface area contributed by atoms with E-state index in [1.165, 1.54) is 0 Å². The number of nitrogens with zero attached hydrogens (tertiary/aromatic N) is 2. The van der Waals surface area contributed by atoms with Gasteiger partial charge in [-0.3, -0.25) is 0 Å². The number of hydrogen-bond acceptors (Lipinski definition) is 4. The fourth-order valence-electron chi connectivity index (χ4n) is 2.20. The van der Waals surface area contributed by atoms with Crippen molar-refractivity contribution in [1.29, 1.82) is 0 Å². The molecule has 0 bridgehead atoms. The minimum absolute atomic E-state index is 0.585. The number of aromatic nitrogens is 2. The van der Waals surface area contributed by atoms with Crippen LogP contribution in [0, 0.1) is 0 Å². The van der Waals surface area contributed by atoms with Crippen LogP contribution in [0.5, 0.6) is 17.2 Å². The van der Waals surface area contributed by atoms with Gasteiger partial charge in [0.15, 0.2) is 11.5 Å². The van der Waals surface area contributed by atoms with E-state index < -0.39 is 0 Å². The maximum absolute atomic E-state index is 5.37. The van der Waals surface area contributed by atoms with Crippen molar-refractivity contribution in [3.63, 3.8) is 0 Å². The number of hydrogen-bond donors (Lipinski definition) is 0. The van der Waals surface area contributed by atoms with Gasteiger partial charge in [-0.25, -0.2) is 4.68 Å². The van der Waals surface area contributed by atoms with Crippen LogP contribution in [0.4, 0.5) is 0 Å². The number of methoxy groups -OCH3 is 3. The molecule has 1 aromatic carbocycles. The van der Waals surface area contributed by atoms with Crippen molar-refractivity contribution >= 4 is 0 Å². The molecule has 2 aromatic rings. The third-order valence-corrected chi connectivity index (χ3v) is 3.34. The second-order valence-corrected chi connectivity index (χ2v) is 4.74. The molecule has 21 heavy (non-hydrogen) atoms. The van der Waals surface area contributed by atoms with Gasteiger partial charge >= 0.3 is 0 Å². The van der Waals surface area contributed by atoms with E-state index in [-0.39, 0.29) is 0 Å². The van der Waals surface area contributed by atoms with Crippen molar-refractivity contribution in [2.75, 3.05) is 21.3 Å². The van der Waals surface area contributed by atoms with E-state index in [2.05, 4.69) is 12.0 Å². The van der Waals surface area contributed by atoms with Crippen molar-refractivity contribution in [2.24, 2.45) is 0 Å². The van der Waals surface area contributed by atoms with E-state index in [1.54, 1.807) is 21.3 Å². The Kier molecular flexibility index (Phi) is 5.09. The van der Waals surface area contributed by atoms with Crippen LogP contribution in [0.25, 0.3) is 5.69 Å². The zero-order chi connectivity index (χ0) is 15.2. The van der Waals surface area contributed by atoms with Crippen LogP contribution in [0.3, 0.4) is 0 Å². The lowest BCUT2D eigenvalue weighted by Crippen LogP contribution is -2.01. The van der Waals surface area contributed by atoms with Gasteiger partial charge in [-0.15, -0.1) is 0 Å². The van der Waals surface area contributed by atoms with Gasteiger partial charge < -0.3 is 14.2 Å². The molecule has 0 N–H and O–H groups in total. The Morgan fingerprint density at radius 2 is 1.71 bits per heavy atom. The molecular weight excluding hydrogens is 268 g/mol. The molecule has 0 aliphatic carbocycles. The normalized spacial score (nSPS) is 10.5. The SMILES string of the molecule is CCCCc1ccn(-c2cc(OC)c(OC)c(OC)c2)n1. The molecule has 1 heterocycles. The number of aryl methyl sites for hydroxylation is 1. The molecule has 1 aromatic heterocycles. The Labute approximate surface area is 125 Å². The predicted molar refractivity (Wildman–Crippen MR) is 81.8 cm³/mol. The van der Waals surface area contributed by atoms with Crippen molar-refractivity contribution in [3.8, 4) is 22.9 Å². The fourth-order valence-corrected chi connectivity index (χ4v) is 2.20. The highest BCUT2D eigenvalue weighted by Crippen LogP contribution is 2.39.